The van der Waals surface area contributed by atoms with Crippen molar-refractivity contribution in [1.29, 1.82) is 0 Å². The molecule has 3 rings (SSSR count). The summed E-state index contributed by atoms with van der Waals surface area (Å²) in [6.07, 6.45) is 0. The Morgan fingerprint density at radius 2 is 1.52 bits per heavy atom. The number of ether oxygens (including phenoxy) is 3. The van der Waals surface area contributed by atoms with Gasteiger partial charge in [-0.2, -0.15) is 0 Å². The maximum absolute atomic E-state index is 12.9. The fraction of sp³-hybridized carbons (Fsp3) is 0.391. The second-order valence-electron chi connectivity index (χ2n) is 7.26. The van der Waals surface area contributed by atoms with Crippen LogP contribution in [0.2, 0.25) is 0 Å². The molecule has 31 heavy (non-hydrogen) atoms. The number of nitrogens with zero attached hydrogens (tertiary/aromatic N) is 2. The average Bonchev–Trinajstić information content (AvgIpc) is 2.83. The van der Waals surface area contributed by atoms with Crippen molar-refractivity contribution < 1.29 is 23.8 Å². The molecule has 0 aromatic heterocycles. The molecule has 0 bridgehead atoms. The number of methoxy groups -OCH3 is 3. The highest BCUT2D eigenvalue weighted by molar-refractivity contribution is 5.96. The van der Waals surface area contributed by atoms with Crippen LogP contribution in [0.25, 0.3) is 0 Å². The van der Waals surface area contributed by atoms with Gasteiger partial charge in [-0.25, -0.2) is 0 Å². The standard InChI is InChI=1S/C23H29N3O5/c1-16(22(27)24-18-7-5-6-8-19(18)29-2)25-11-13-26(14-12-25)23(28)17-9-10-20(30-3)21(15-17)31-4/h5-10,15-16H,11-14H2,1-4H3,(H,24,27). The SMILES string of the molecule is COc1ccccc1NC(=O)C(C)N1CCN(C(=O)c2ccc(OC)c(OC)c2)CC1. The number of para-hydroxylation sites is 2. The number of hydrogen-bond acceptors (Lipinski definition) is 6. The van der Waals surface area contributed by atoms with Gasteiger partial charge in [-0.1, -0.05) is 12.1 Å². The van der Waals surface area contributed by atoms with Gasteiger partial charge in [0.05, 0.1) is 33.1 Å². The summed E-state index contributed by atoms with van der Waals surface area (Å²) in [5, 5.41) is 2.93. The van der Waals surface area contributed by atoms with E-state index >= 15 is 0 Å². The summed E-state index contributed by atoms with van der Waals surface area (Å²) in [4.78, 5) is 29.5. The minimum atomic E-state index is -0.330. The zero-order valence-corrected chi connectivity index (χ0v) is 18.4. The molecule has 1 fully saturated rings. The van der Waals surface area contributed by atoms with Crippen LogP contribution in [0.15, 0.2) is 42.5 Å². The Kier molecular flexibility index (Phi) is 7.36. The maximum atomic E-state index is 12.9. The molecule has 2 aromatic rings. The van der Waals surface area contributed by atoms with Crippen LogP contribution in [-0.2, 0) is 4.79 Å². The van der Waals surface area contributed by atoms with Gasteiger partial charge < -0.3 is 24.4 Å². The first-order valence-corrected chi connectivity index (χ1v) is 10.2. The van der Waals surface area contributed by atoms with E-state index < -0.39 is 0 Å². The van der Waals surface area contributed by atoms with Crippen molar-refractivity contribution in [3.63, 3.8) is 0 Å². The number of carbonyl (C=O) groups is 2. The van der Waals surface area contributed by atoms with Crippen LogP contribution < -0.4 is 19.5 Å². The average molecular weight is 428 g/mol. The highest BCUT2D eigenvalue weighted by Crippen LogP contribution is 2.28. The molecule has 1 atom stereocenters. The first-order valence-electron chi connectivity index (χ1n) is 10.2. The lowest BCUT2D eigenvalue weighted by Crippen LogP contribution is -2.54. The van der Waals surface area contributed by atoms with Crippen LogP contribution in [0.3, 0.4) is 0 Å². The van der Waals surface area contributed by atoms with Gasteiger partial charge in [0.25, 0.3) is 5.91 Å². The van der Waals surface area contributed by atoms with Crippen molar-refractivity contribution in [2.24, 2.45) is 0 Å². The molecule has 1 saturated heterocycles. The molecular weight excluding hydrogens is 398 g/mol. The van der Waals surface area contributed by atoms with Gasteiger partial charge >= 0.3 is 0 Å². The van der Waals surface area contributed by atoms with Crippen molar-refractivity contribution in [3.8, 4) is 17.2 Å². The van der Waals surface area contributed by atoms with Gasteiger partial charge in [-0.3, -0.25) is 14.5 Å². The summed E-state index contributed by atoms with van der Waals surface area (Å²) in [5.74, 6) is 1.55. The lowest BCUT2D eigenvalue weighted by atomic mass is 10.1. The number of rotatable bonds is 7. The maximum Gasteiger partial charge on any atom is 0.254 e. The van der Waals surface area contributed by atoms with E-state index in [0.717, 1.165) is 0 Å². The molecule has 8 nitrogen and oxygen atoms in total. The lowest BCUT2D eigenvalue weighted by Gasteiger charge is -2.37. The Bertz CT molecular complexity index is 925. The molecule has 0 radical (unpaired) electrons. The van der Waals surface area contributed by atoms with E-state index in [1.807, 2.05) is 25.1 Å². The van der Waals surface area contributed by atoms with Crippen LogP contribution in [0.4, 0.5) is 5.69 Å². The van der Waals surface area contributed by atoms with E-state index in [1.165, 1.54) is 0 Å². The molecule has 1 N–H and O–H groups in total. The summed E-state index contributed by atoms with van der Waals surface area (Å²) in [5.41, 5.74) is 1.19. The third-order valence-electron chi connectivity index (χ3n) is 5.52. The topological polar surface area (TPSA) is 80.3 Å². The van der Waals surface area contributed by atoms with E-state index in [1.54, 1.807) is 50.5 Å². The minimum Gasteiger partial charge on any atom is -0.495 e. The molecule has 0 saturated carbocycles. The van der Waals surface area contributed by atoms with Crippen LogP contribution in [0.1, 0.15) is 17.3 Å². The predicted molar refractivity (Wildman–Crippen MR) is 118 cm³/mol. The monoisotopic (exact) mass is 427 g/mol. The van der Waals surface area contributed by atoms with Crippen molar-refractivity contribution >= 4 is 17.5 Å². The smallest absolute Gasteiger partial charge is 0.254 e. The van der Waals surface area contributed by atoms with Crippen LogP contribution >= 0.6 is 0 Å². The van der Waals surface area contributed by atoms with Gasteiger partial charge in [0.2, 0.25) is 5.91 Å². The van der Waals surface area contributed by atoms with Crippen molar-refractivity contribution in [3.05, 3.63) is 48.0 Å². The van der Waals surface area contributed by atoms with E-state index in [-0.39, 0.29) is 17.9 Å². The lowest BCUT2D eigenvalue weighted by molar-refractivity contribution is -0.121. The summed E-state index contributed by atoms with van der Waals surface area (Å²) in [7, 11) is 4.68. The Morgan fingerprint density at radius 3 is 2.16 bits per heavy atom. The minimum absolute atomic E-state index is 0.0632. The molecular formula is C23H29N3O5. The zero-order valence-electron chi connectivity index (χ0n) is 18.4. The molecule has 1 aliphatic heterocycles. The number of piperazine rings is 1. The number of anilines is 1. The summed E-state index contributed by atoms with van der Waals surface area (Å²) in [6, 6.07) is 12.1. The van der Waals surface area contributed by atoms with Crippen LogP contribution in [0, 0.1) is 0 Å². The van der Waals surface area contributed by atoms with E-state index in [0.29, 0.717) is 54.7 Å². The summed E-state index contributed by atoms with van der Waals surface area (Å²) in [6.45, 7) is 4.18. The van der Waals surface area contributed by atoms with Gasteiger partial charge in [0.15, 0.2) is 11.5 Å². The van der Waals surface area contributed by atoms with E-state index in [2.05, 4.69) is 10.2 Å². The zero-order chi connectivity index (χ0) is 22.4. The normalized spacial score (nSPS) is 15.2. The predicted octanol–water partition coefficient (Wildman–Crippen LogP) is 2.50. The van der Waals surface area contributed by atoms with Gasteiger partial charge in [-0.15, -0.1) is 0 Å². The molecule has 1 heterocycles. The fourth-order valence-corrected chi connectivity index (χ4v) is 3.62. The van der Waals surface area contributed by atoms with Crippen molar-refractivity contribution in [2.75, 3.05) is 52.8 Å². The molecule has 2 amide bonds. The van der Waals surface area contributed by atoms with Gasteiger partial charge in [0, 0.05) is 31.7 Å². The highest BCUT2D eigenvalue weighted by Gasteiger charge is 2.28. The number of hydrogen-bond donors (Lipinski definition) is 1. The third kappa shape index (κ3) is 5.08. The molecule has 0 spiro atoms. The number of benzene rings is 2. The van der Waals surface area contributed by atoms with E-state index in [9.17, 15) is 9.59 Å². The van der Waals surface area contributed by atoms with E-state index in [4.69, 9.17) is 14.2 Å². The van der Waals surface area contributed by atoms with Gasteiger partial charge in [-0.05, 0) is 37.3 Å². The van der Waals surface area contributed by atoms with Crippen molar-refractivity contribution in [1.82, 2.24) is 9.80 Å². The molecule has 1 unspecified atom stereocenters. The molecule has 166 valence electrons. The number of nitrogens with one attached hydrogen (secondary N) is 1. The molecule has 0 aliphatic carbocycles. The quantitative estimate of drug-likeness (QED) is 0.731. The van der Waals surface area contributed by atoms with Crippen LogP contribution in [0.5, 0.6) is 17.2 Å². The Hall–Kier alpha value is -3.26. The Labute approximate surface area is 182 Å². The van der Waals surface area contributed by atoms with Gasteiger partial charge in [0.1, 0.15) is 5.75 Å². The summed E-state index contributed by atoms with van der Waals surface area (Å²) < 4.78 is 15.8. The fourth-order valence-electron chi connectivity index (χ4n) is 3.62. The number of carbonyl (C=O) groups excluding carboxylic acids is 2. The van der Waals surface area contributed by atoms with Crippen LogP contribution in [-0.4, -0.2) is 75.2 Å². The molecule has 8 heteroatoms. The third-order valence-corrected chi connectivity index (χ3v) is 5.52. The second-order valence-corrected chi connectivity index (χ2v) is 7.26. The second kappa shape index (κ2) is 10.2. The molecule has 2 aromatic carbocycles. The van der Waals surface area contributed by atoms with Crippen molar-refractivity contribution in [2.45, 2.75) is 13.0 Å². The first-order chi connectivity index (χ1) is 15.0. The largest absolute Gasteiger partial charge is 0.495 e. The molecule has 1 aliphatic rings. The first kappa shape index (κ1) is 22.4. The Morgan fingerprint density at radius 1 is 0.871 bits per heavy atom. The summed E-state index contributed by atoms with van der Waals surface area (Å²) >= 11 is 0. The Balaban J connectivity index is 1.58. The highest BCUT2D eigenvalue weighted by atomic mass is 16.5. The number of amides is 2.